The lowest BCUT2D eigenvalue weighted by atomic mass is 9.99. The Kier molecular flexibility index (Phi) is 84.0. The van der Waals surface area contributed by atoms with Crippen LogP contribution < -0.4 is 0 Å². The third kappa shape index (κ3) is 84.5. The summed E-state index contributed by atoms with van der Waals surface area (Å²) in [6.07, 6.45) is 82.0. The number of unbranched alkanes of at least 4 members (excludes halogenated alkanes) is 64. The maximum absolute atomic E-state index is 13.2. The lowest BCUT2D eigenvalue weighted by Crippen LogP contribution is -2.30. The van der Waals surface area contributed by atoms with E-state index in [1.165, 1.54) is 334 Å². The first-order chi connectivity index (χ1) is 54.6. The van der Waals surface area contributed by atoms with Crippen molar-refractivity contribution in [2.45, 2.75) is 528 Å². The van der Waals surface area contributed by atoms with Gasteiger partial charge in [-0.15, -0.1) is 0 Å². The molecule has 0 aliphatic rings. The van der Waals surface area contributed by atoms with Crippen molar-refractivity contribution in [2.24, 2.45) is 5.92 Å². The lowest BCUT2D eigenvalue weighted by Gasteiger charge is -2.21. The number of carbonyl (C=O) groups excluding carboxylic acids is 4. The fourth-order valence-electron chi connectivity index (χ4n) is 14.7. The molecule has 0 rings (SSSR count). The summed E-state index contributed by atoms with van der Waals surface area (Å²) >= 11 is 0. The first kappa shape index (κ1) is 110. The number of aliphatic hydroxyl groups is 1. The number of hydrogen-bond donors (Lipinski definition) is 3. The van der Waals surface area contributed by atoms with Crippen LogP contribution in [-0.2, 0) is 65.4 Å². The van der Waals surface area contributed by atoms with Crippen molar-refractivity contribution in [3.05, 3.63) is 0 Å². The van der Waals surface area contributed by atoms with Crippen molar-refractivity contribution in [3.63, 3.8) is 0 Å². The van der Waals surface area contributed by atoms with Gasteiger partial charge in [-0.25, -0.2) is 9.13 Å². The Morgan fingerprint density at radius 1 is 0.250 bits per heavy atom. The Balaban J connectivity index is 5.24. The third-order valence-electron chi connectivity index (χ3n) is 22.4. The summed E-state index contributed by atoms with van der Waals surface area (Å²) in [5, 5.41) is 10.7. The molecule has 666 valence electrons. The zero-order chi connectivity index (χ0) is 81.8. The molecule has 0 aromatic carbocycles. The minimum absolute atomic E-state index is 0.109. The van der Waals surface area contributed by atoms with Gasteiger partial charge in [0.2, 0.25) is 0 Å². The summed E-state index contributed by atoms with van der Waals surface area (Å²) < 4.78 is 69.1. The maximum Gasteiger partial charge on any atom is 0.472 e. The molecule has 0 heterocycles. The largest absolute Gasteiger partial charge is 0.472 e. The van der Waals surface area contributed by atoms with Crippen LogP contribution in [-0.4, -0.2) is 96.7 Å². The first-order valence-electron chi connectivity index (χ1n) is 48.2. The number of phosphoric ester groups is 2. The van der Waals surface area contributed by atoms with Gasteiger partial charge in [-0.3, -0.25) is 37.3 Å². The van der Waals surface area contributed by atoms with Gasteiger partial charge in [0.25, 0.3) is 0 Å². The highest BCUT2D eigenvalue weighted by molar-refractivity contribution is 7.47. The normalized spacial score (nSPS) is 13.9. The molecule has 0 amide bonds. The summed E-state index contributed by atoms with van der Waals surface area (Å²) in [4.78, 5) is 73.5. The van der Waals surface area contributed by atoms with Gasteiger partial charge < -0.3 is 33.8 Å². The second-order valence-electron chi connectivity index (χ2n) is 33.6. The molecule has 0 bridgehead atoms. The van der Waals surface area contributed by atoms with Crippen molar-refractivity contribution in [3.8, 4) is 0 Å². The fourth-order valence-corrected chi connectivity index (χ4v) is 16.3. The number of esters is 4. The van der Waals surface area contributed by atoms with E-state index in [2.05, 4.69) is 34.6 Å². The highest BCUT2D eigenvalue weighted by Crippen LogP contribution is 2.45. The molecule has 0 aromatic heterocycles. The second kappa shape index (κ2) is 85.5. The topological polar surface area (TPSA) is 237 Å². The quantitative estimate of drug-likeness (QED) is 0.0222. The van der Waals surface area contributed by atoms with Crippen molar-refractivity contribution in [1.29, 1.82) is 0 Å². The fraction of sp³-hybridized carbons (Fsp3) is 0.957. The van der Waals surface area contributed by atoms with Gasteiger partial charge in [0, 0.05) is 25.7 Å². The van der Waals surface area contributed by atoms with E-state index in [0.29, 0.717) is 25.7 Å². The summed E-state index contributed by atoms with van der Waals surface area (Å²) in [6, 6.07) is 0. The van der Waals surface area contributed by atoms with E-state index in [1.807, 2.05) is 0 Å². The van der Waals surface area contributed by atoms with Crippen LogP contribution in [0.3, 0.4) is 0 Å². The monoisotopic (exact) mass is 1630 g/mol. The highest BCUT2D eigenvalue weighted by atomic mass is 31.2. The minimum atomic E-state index is -4.97. The second-order valence-corrected chi connectivity index (χ2v) is 36.6. The predicted octanol–water partition coefficient (Wildman–Crippen LogP) is 29.1. The molecule has 0 aliphatic carbocycles. The smallest absolute Gasteiger partial charge is 0.462 e. The molecule has 112 heavy (non-hydrogen) atoms. The molecule has 19 heteroatoms. The first-order valence-corrected chi connectivity index (χ1v) is 51.2. The molecular weight excluding hydrogens is 1450 g/mol. The molecule has 17 nitrogen and oxygen atoms in total. The third-order valence-corrected chi connectivity index (χ3v) is 24.3. The van der Waals surface area contributed by atoms with E-state index in [0.717, 1.165) is 95.8 Å². The number of rotatable bonds is 93. The molecule has 0 fully saturated rings. The molecular formula is C93H182O17P2. The van der Waals surface area contributed by atoms with Gasteiger partial charge in [-0.2, -0.15) is 0 Å². The van der Waals surface area contributed by atoms with Crippen LogP contribution in [0.1, 0.15) is 510 Å². The molecule has 0 aromatic rings. The molecule has 3 unspecified atom stereocenters. The van der Waals surface area contributed by atoms with Crippen LogP contribution in [0.25, 0.3) is 0 Å². The van der Waals surface area contributed by atoms with Crippen LogP contribution in [0.15, 0.2) is 0 Å². The van der Waals surface area contributed by atoms with E-state index >= 15 is 0 Å². The lowest BCUT2D eigenvalue weighted by molar-refractivity contribution is -0.161. The van der Waals surface area contributed by atoms with E-state index < -0.39 is 97.5 Å². The van der Waals surface area contributed by atoms with Crippen molar-refractivity contribution >= 4 is 39.5 Å². The zero-order valence-electron chi connectivity index (χ0n) is 73.8. The average molecular weight is 1630 g/mol. The van der Waals surface area contributed by atoms with Gasteiger partial charge >= 0.3 is 39.5 Å². The van der Waals surface area contributed by atoms with Gasteiger partial charge in [0.15, 0.2) is 12.2 Å². The Hall–Kier alpha value is -1.94. The Labute approximate surface area is 689 Å². The van der Waals surface area contributed by atoms with Crippen LogP contribution in [0.4, 0.5) is 0 Å². The molecule has 0 radical (unpaired) electrons. The number of carbonyl (C=O) groups is 4. The van der Waals surface area contributed by atoms with Gasteiger partial charge in [0.1, 0.15) is 19.3 Å². The maximum atomic E-state index is 13.2. The zero-order valence-corrected chi connectivity index (χ0v) is 75.6. The molecule has 0 saturated carbocycles. The number of phosphoric acid groups is 2. The molecule has 6 atom stereocenters. The van der Waals surface area contributed by atoms with Crippen molar-refractivity contribution in [1.82, 2.24) is 0 Å². The Bertz CT molecular complexity index is 2120. The SMILES string of the molecule is CCCCCCCCCCCCCCCCCCCCCCCCC(=O)O[C@H](COC(=O)CCCCCCCCCCCCCCCCCCCCCC)COP(=O)(O)OC[C@@H](O)COP(=O)(O)OC[C@@H](COC(=O)CCCCCCCCCCCCCC)OC(=O)CCCCCCCCCCCCCCCCC(C)CC. The van der Waals surface area contributed by atoms with Gasteiger partial charge in [0.05, 0.1) is 26.4 Å². The molecule has 0 spiro atoms. The Morgan fingerprint density at radius 2 is 0.429 bits per heavy atom. The molecule has 0 aliphatic heterocycles. The van der Waals surface area contributed by atoms with E-state index in [9.17, 15) is 43.2 Å². The van der Waals surface area contributed by atoms with E-state index in [1.54, 1.807) is 0 Å². The van der Waals surface area contributed by atoms with Crippen LogP contribution in [0.5, 0.6) is 0 Å². The summed E-state index contributed by atoms with van der Waals surface area (Å²) in [7, 11) is -9.94. The van der Waals surface area contributed by atoms with Gasteiger partial charge in [-0.05, 0) is 31.6 Å². The number of aliphatic hydroxyl groups excluding tert-OH is 1. The van der Waals surface area contributed by atoms with Crippen LogP contribution in [0.2, 0.25) is 0 Å². The van der Waals surface area contributed by atoms with Gasteiger partial charge in [-0.1, -0.05) is 458 Å². The van der Waals surface area contributed by atoms with Crippen LogP contribution >= 0.6 is 15.6 Å². The predicted molar refractivity (Wildman–Crippen MR) is 465 cm³/mol. The summed E-state index contributed by atoms with van der Waals surface area (Å²) in [5.41, 5.74) is 0. The molecule has 0 saturated heterocycles. The van der Waals surface area contributed by atoms with Crippen LogP contribution in [0, 0.1) is 5.92 Å². The van der Waals surface area contributed by atoms with E-state index in [4.69, 9.17) is 37.0 Å². The van der Waals surface area contributed by atoms with Crippen molar-refractivity contribution < 1.29 is 80.2 Å². The standard InChI is InChI=1S/C93H182O17P2/c1-6-10-13-16-19-22-25-28-30-32-34-36-37-39-41-43-48-53-58-63-68-73-78-92(97)110-89(83-104-91(96)77-72-67-62-57-52-47-42-40-38-35-33-31-29-26-23-20-17-14-11-7-2)85-108-112(101,102)106-81-87(94)80-105-111(99,100)107-84-88(82-103-90(95)76-71-66-61-56-51-27-24-21-18-15-12-8-3)109-93(98)79-74-69-64-59-54-49-45-44-46-50-55-60-65-70-75-86(5)9-4/h86-89,94H,6-85H2,1-5H3,(H,99,100)(H,101,102)/t86?,87-,88+,89+/m0/s1. The minimum Gasteiger partial charge on any atom is -0.462 e. The summed E-state index contributed by atoms with van der Waals surface area (Å²) in [5.74, 6) is -1.24. The molecule has 3 N–H and O–H groups in total. The Morgan fingerprint density at radius 3 is 0.634 bits per heavy atom. The number of hydrogen-bond acceptors (Lipinski definition) is 15. The van der Waals surface area contributed by atoms with E-state index in [-0.39, 0.29) is 25.7 Å². The average Bonchev–Trinajstić information content (AvgIpc) is 0.899. The highest BCUT2D eigenvalue weighted by Gasteiger charge is 2.31. The van der Waals surface area contributed by atoms with Crippen molar-refractivity contribution in [2.75, 3.05) is 39.6 Å². The number of ether oxygens (including phenoxy) is 4. The summed E-state index contributed by atoms with van der Waals surface area (Å²) in [6.45, 7) is 7.46.